The average molecular weight is 433 g/mol. The smallest absolute Gasteiger partial charge is 0.194 e. The van der Waals surface area contributed by atoms with Gasteiger partial charge in [0.25, 0.3) is 0 Å². The van der Waals surface area contributed by atoms with Gasteiger partial charge in [-0.1, -0.05) is 55.5 Å². The lowest BCUT2D eigenvalue weighted by atomic mass is 10.1. The number of nitrogens with one attached hydrogen (secondary N) is 1. The molecule has 2 atom stereocenters. The van der Waals surface area contributed by atoms with Crippen LogP contribution in [0.1, 0.15) is 19.4 Å². The molecule has 2 aromatic carbocycles. The molecule has 3 rings (SSSR count). The first kappa shape index (κ1) is 21.7. The standard InChI is InChI=1S/C21H26N3O3S2/c1-14(2)20(23-13-16(25)9-8-15-6-4-3-5-7-15)29(26,27)17-10-11-19-18(12-17)24-21(22)28-19/h3-7,9-12,14,16,20,23,25H,8,13H2,1-2H3,(H2,22,24)/t16-,20+/m1/s1. The van der Waals surface area contributed by atoms with Crippen LogP contribution in [0, 0.1) is 12.3 Å². The zero-order valence-electron chi connectivity index (χ0n) is 16.4. The molecule has 0 aliphatic rings. The van der Waals surface area contributed by atoms with Crippen LogP contribution in [0.2, 0.25) is 0 Å². The molecule has 0 amide bonds. The van der Waals surface area contributed by atoms with Crippen molar-refractivity contribution in [2.75, 3.05) is 12.3 Å². The summed E-state index contributed by atoms with van der Waals surface area (Å²) < 4.78 is 27.3. The molecule has 0 spiro atoms. The van der Waals surface area contributed by atoms with Gasteiger partial charge in [0, 0.05) is 6.54 Å². The molecule has 1 aromatic heterocycles. The van der Waals surface area contributed by atoms with Gasteiger partial charge in [-0.25, -0.2) is 13.4 Å². The minimum Gasteiger partial charge on any atom is -0.391 e. The third-order valence-electron chi connectivity index (χ3n) is 4.64. The maximum atomic E-state index is 13.2. The second-order valence-electron chi connectivity index (χ2n) is 7.29. The van der Waals surface area contributed by atoms with E-state index < -0.39 is 21.3 Å². The highest BCUT2D eigenvalue weighted by Gasteiger charge is 2.30. The fourth-order valence-corrected chi connectivity index (χ4v) is 5.73. The van der Waals surface area contributed by atoms with Gasteiger partial charge in [-0.2, -0.15) is 0 Å². The molecular formula is C21H26N3O3S2. The number of hydrogen-bond acceptors (Lipinski definition) is 7. The summed E-state index contributed by atoms with van der Waals surface area (Å²) in [6, 6.07) is 14.7. The third-order valence-corrected chi connectivity index (χ3v) is 7.80. The molecule has 3 aromatic rings. The highest BCUT2D eigenvalue weighted by molar-refractivity contribution is 7.92. The van der Waals surface area contributed by atoms with E-state index >= 15 is 0 Å². The SMILES string of the molecule is CC(C)[C@@H](NC[C@H](O)[CH]Cc1ccccc1)S(=O)(=O)c1ccc2sc(N)nc2c1. The van der Waals surface area contributed by atoms with Gasteiger partial charge in [0.2, 0.25) is 0 Å². The number of sulfone groups is 1. The zero-order valence-corrected chi connectivity index (χ0v) is 18.1. The molecule has 6 nitrogen and oxygen atoms in total. The van der Waals surface area contributed by atoms with E-state index in [4.69, 9.17) is 5.73 Å². The van der Waals surface area contributed by atoms with Crippen LogP contribution in [0.4, 0.5) is 5.13 Å². The molecular weight excluding hydrogens is 406 g/mol. The largest absolute Gasteiger partial charge is 0.391 e. The predicted molar refractivity (Wildman–Crippen MR) is 118 cm³/mol. The number of fused-ring (bicyclic) bond motifs is 1. The Hall–Kier alpha value is -2.00. The monoisotopic (exact) mass is 432 g/mol. The summed E-state index contributed by atoms with van der Waals surface area (Å²) in [6.07, 6.45) is 1.63. The maximum Gasteiger partial charge on any atom is 0.194 e. The summed E-state index contributed by atoms with van der Waals surface area (Å²) in [7, 11) is -3.66. The van der Waals surface area contributed by atoms with E-state index in [1.165, 1.54) is 11.3 Å². The summed E-state index contributed by atoms with van der Waals surface area (Å²) in [5, 5.41) is 12.9. The molecule has 1 radical (unpaired) electrons. The van der Waals surface area contributed by atoms with E-state index in [1.54, 1.807) is 24.6 Å². The van der Waals surface area contributed by atoms with E-state index in [9.17, 15) is 13.5 Å². The van der Waals surface area contributed by atoms with E-state index in [2.05, 4.69) is 10.3 Å². The van der Waals surface area contributed by atoms with Gasteiger partial charge < -0.3 is 10.8 Å². The van der Waals surface area contributed by atoms with Gasteiger partial charge in [-0.3, -0.25) is 5.32 Å². The molecule has 0 aliphatic heterocycles. The highest BCUT2D eigenvalue weighted by atomic mass is 32.2. The fraction of sp³-hybridized carbons (Fsp3) is 0.333. The van der Waals surface area contributed by atoms with Crippen LogP contribution < -0.4 is 11.1 Å². The molecule has 29 heavy (non-hydrogen) atoms. The van der Waals surface area contributed by atoms with E-state index in [-0.39, 0.29) is 17.4 Å². The van der Waals surface area contributed by atoms with Crippen molar-refractivity contribution in [2.45, 2.75) is 36.6 Å². The van der Waals surface area contributed by atoms with Gasteiger partial charge in [-0.15, -0.1) is 0 Å². The molecule has 4 N–H and O–H groups in total. The lowest BCUT2D eigenvalue weighted by Gasteiger charge is -2.24. The number of nitrogens with two attached hydrogens (primary N) is 1. The van der Waals surface area contributed by atoms with E-state index in [1.807, 2.05) is 44.2 Å². The molecule has 0 aliphatic carbocycles. The lowest BCUT2D eigenvalue weighted by Crippen LogP contribution is -2.44. The number of nitrogen functional groups attached to an aromatic ring is 1. The topological polar surface area (TPSA) is 105 Å². The Bertz CT molecular complexity index is 1050. The fourth-order valence-electron chi connectivity index (χ4n) is 3.16. The number of anilines is 1. The summed E-state index contributed by atoms with van der Waals surface area (Å²) in [4.78, 5) is 4.38. The van der Waals surface area contributed by atoms with Gasteiger partial charge in [-0.05, 0) is 42.5 Å². The third kappa shape index (κ3) is 5.33. The Labute approximate surface area is 175 Å². The van der Waals surface area contributed by atoms with Crippen molar-refractivity contribution in [1.82, 2.24) is 10.3 Å². The number of aliphatic hydroxyl groups is 1. The number of rotatable bonds is 9. The van der Waals surface area contributed by atoms with Crippen LogP contribution in [-0.4, -0.2) is 36.5 Å². The maximum absolute atomic E-state index is 13.2. The molecule has 0 unspecified atom stereocenters. The Morgan fingerprint density at radius 2 is 1.93 bits per heavy atom. The van der Waals surface area contributed by atoms with Crippen molar-refractivity contribution in [3.05, 3.63) is 60.5 Å². The van der Waals surface area contributed by atoms with Crippen molar-refractivity contribution < 1.29 is 13.5 Å². The van der Waals surface area contributed by atoms with Crippen LogP contribution >= 0.6 is 11.3 Å². The molecule has 0 fully saturated rings. The second-order valence-corrected chi connectivity index (χ2v) is 10.4. The number of nitrogens with zero attached hydrogens (tertiary/aromatic N) is 1. The van der Waals surface area contributed by atoms with Crippen molar-refractivity contribution >= 4 is 36.5 Å². The number of aromatic nitrogens is 1. The number of benzene rings is 2. The second kappa shape index (κ2) is 9.21. The number of thiazole rings is 1. The zero-order chi connectivity index (χ0) is 21.0. The molecule has 0 saturated heterocycles. The number of aliphatic hydroxyl groups excluding tert-OH is 1. The van der Waals surface area contributed by atoms with Crippen LogP contribution in [0.25, 0.3) is 10.2 Å². The molecule has 155 valence electrons. The van der Waals surface area contributed by atoms with Crippen LogP contribution in [0.5, 0.6) is 0 Å². The Kier molecular flexibility index (Phi) is 6.89. The Morgan fingerprint density at radius 1 is 1.21 bits per heavy atom. The minimum atomic E-state index is -3.66. The van der Waals surface area contributed by atoms with E-state index in [0.717, 1.165) is 10.3 Å². The van der Waals surface area contributed by atoms with Crippen molar-refractivity contribution in [3.63, 3.8) is 0 Å². The predicted octanol–water partition coefficient (Wildman–Crippen LogP) is 3.03. The first-order valence-corrected chi connectivity index (χ1v) is 11.8. The molecule has 0 bridgehead atoms. The lowest BCUT2D eigenvalue weighted by molar-refractivity contribution is 0.196. The first-order valence-electron chi connectivity index (χ1n) is 9.46. The van der Waals surface area contributed by atoms with Crippen molar-refractivity contribution in [2.24, 2.45) is 5.92 Å². The average Bonchev–Trinajstić information content (AvgIpc) is 3.06. The molecule has 8 heteroatoms. The Morgan fingerprint density at radius 3 is 2.62 bits per heavy atom. The highest BCUT2D eigenvalue weighted by Crippen LogP contribution is 2.28. The van der Waals surface area contributed by atoms with Crippen molar-refractivity contribution in [1.29, 1.82) is 0 Å². The summed E-state index contributed by atoms with van der Waals surface area (Å²) in [5.74, 6) is -0.183. The summed E-state index contributed by atoms with van der Waals surface area (Å²) >= 11 is 1.32. The number of hydrogen-bond donors (Lipinski definition) is 3. The van der Waals surface area contributed by atoms with Crippen LogP contribution in [-0.2, 0) is 16.3 Å². The Balaban J connectivity index is 1.68. The summed E-state index contributed by atoms with van der Waals surface area (Å²) in [6.45, 7) is 3.84. The van der Waals surface area contributed by atoms with Gasteiger partial charge in [0.15, 0.2) is 15.0 Å². The van der Waals surface area contributed by atoms with Crippen LogP contribution in [0.3, 0.4) is 0 Å². The van der Waals surface area contributed by atoms with Gasteiger partial charge in [0.05, 0.1) is 21.2 Å². The van der Waals surface area contributed by atoms with Crippen molar-refractivity contribution in [3.8, 4) is 0 Å². The molecule has 1 heterocycles. The summed E-state index contributed by atoms with van der Waals surface area (Å²) in [5.41, 5.74) is 7.39. The minimum absolute atomic E-state index is 0.154. The first-order chi connectivity index (χ1) is 13.8. The quantitative estimate of drug-likeness (QED) is 0.480. The van der Waals surface area contributed by atoms with Gasteiger partial charge >= 0.3 is 0 Å². The van der Waals surface area contributed by atoms with Crippen LogP contribution in [0.15, 0.2) is 53.4 Å². The van der Waals surface area contributed by atoms with Gasteiger partial charge in [0.1, 0.15) is 5.37 Å². The molecule has 0 saturated carbocycles. The normalized spacial score (nSPS) is 14.3. The van der Waals surface area contributed by atoms with E-state index in [0.29, 0.717) is 17.1 Å².